The number of esters is 1. The molecule has 0 aromatic heterocycles. The molecule has 1 atom stereocenters. The van der Waals surface area contributed by atoms with E-state index < -0.39 is 12.1 Å². The van der Waals surface area contributed by atoms with Gasteiger partial charge in [-0.15, -0.1) is 0 Å². The molecule has 0 spiro atoms. The number of unbranched alkanes of at least 4 members (excludes halogenated alkanes) is 2. The summed E-state index contributed by atoms with van der Waals surface area (Å²) in [5.41, 5.74) is 7.76. The van der Waals surface area contributed by atoms with Gasteiger partial charge in [0.25, 0.3) is 0 Å². The molecule has 0 heterocycles. The first-order chi connectivity index (χ1) is 13.6. The van der Waals surface area contributed by atoms with E-state index in [0.717, 1.165) is 30.4 Å². The minimum absolute atomic E-state index is 0.238. The number of amides is 1. The van der Waals surface area contributed by atoms with Gasteiger partial charge in [0.05, 0.1) is 0 Å². The average Bonchev–Trinajstić information content (AvgIpc) is 2.74. The molecule has 0 fully saturated rings. The lowest BCUT2D eigenvalue weighted by molar-refractivity contribution is -0.146. The second-order valence-electron chi connectivity index (χ2n) is 6.54. The van der Waals surface area contributed by atoms with Gasteiger partial charge in [0, 0.05) is 6.54 Å². The quantitative estimate of drug-likeness (QED) is 0.457. The molecule has 6 nitrogen and oxygen atoms in total. The molecule has 0 saturated carbocycles. The summed E-state index contributed by atoms with van der Waals surface area (Å²) in [5.74, 6) is -0.383. The number of alkyl carbamates (subject to hydrolysis) is 1. The SMILES string of the molecule is N[C@@H](CCCCCNC(=O)OCc1ccccc1)C(=O)OCc1ccccc1. The van der Waals surface area contributed by atoms with Gasteiger partial charge in [0.15, 0.2) is 0 Å². The van der Waals surface area contributed by atoms with Crippen molar-refractivity contribution in [3.05, 3.63) is 71.8 Å². The first-order valence-corrected chi connectivity index (χ1v) is 9.56. The third-order valence-electron chi connectivity index (χ3n) is 4.20. The van der Waals surface area contributed by atoms with Gasteiger partial charge < -0.3 is 20.5 Å². The molecular weight excluding hydrogens is 356 g/mol. The zero-order valence-electron chi connectivity index (χ0n) is 16.0. The van der Waals surface area contributed by atoms with Crippen molar-refractivity contribution in [2.24, 2.45) is 5.73 Å². The summed E-state index contributed by atoms with van der Waals surface area (Å²) >= 11 is 0. The molecule has 0 saturated heterocycles. The molecule has 1 amide bonds. The maximum absolute atomic E-state index is 11.9. The van der Waals surface area contributed by atoms with Gasteiger partial charge in [0.2, 0.25) is 0 Å². The Bertz CT molecular complexity index is 707. The molecule has 28 heavy (non-hydrogen) atoms. The van der Waals surface area contributed by atoms with Crippen LogP contribution >= 0.6 is 0 Å². The van der Waals surface area contributed by atoms with Crippen LogP contribution in [0.15, 0.2) is 60.7 Å². The predicted octanol–water partition coefficient (Wildman–Crippen LogP) is 3.54. The molecular formula is C22H28N2O4. The summed E-state index contributed by atoms with van der Waals surface area (Å²) in [6, 6.07) is 18.4. The number of rotatable bonds is 11. The highest BCUT2D eigenvalue weighted by molar-refractivity contribution is 5.75. The van der Waals surface area contributed by atoms with Crippen LogP contribution in [0.25, 0.3) is 0 Å². The van der Waals surface area contributed by atoms with Crippen LogP contribution in [0.3, 0.4) is 0 Å². The summed E-state index contributed by atoms with van der Waals surface area (Å²) in [4.78, 5) is 23.5. The van der Waals surface area contributed by atoms with Gasteiger partial charge >= 0.3 is 12.1 Å². The number of nitrogens with two attached hydrogens (primary N) is 1. The van der Waals surface area contributed by atoms with E-state index >= 15 is 0 Å². The van der Waals surface area contributed by atoms with E-state index in [0.29, 0.717) is 13.0 Å². The minimum atomic E-state index is -0.618. The molecule has 2 aromatic rings. The molecule has 3 N–H and O–H groups in total. The van der Waals surface area contributed by atoms with E-state index in [9.17, 15) is 9.59 Å². The molecule has 2 aromatic carbocycles. The van der Waals surface area contributed by atoms with Crippen LogP contribution < -0.4 is 11.1 Å². The highest BCUT2D eigenvalue weighted by atomic mass is 16.5. The monoisotopic (exact) mass is 384 g/mol. The average molecular weight is 384 g/mol. The Morgan fingerprint density at radius 1 is 0.821 bits per heavy atom. The maximum Gasteiger partial charge on any atom is 0.407 e. The van der Waals surface area contributed by atoms with E-state index in [2.05, 4.69) is 5.32 Å². The summed E-state index contributed by atoms with van der Waals surface area (Å²) < 4.78 is 10.4. The number of nitrogens with one attached hydrogen (secondary N) is 1. The van der Waals surface area contributed by atoms with Crippen molar-refractivity contribution in [3.63, 3.8) is 0 Å². The number of ether oxygens (including phenoxy) is 2. The van der Waals surface area contributed by atoms with E-state index in [1.165, 1.54) is 0 Å². The Labute approximate surface area is 166 Å². The molecule has 0 aliphatic carbocycles. The minimum Gasteiger partial charge on any atom is -0.460 e. The Morgan fingerprint density at radius 3 is 2.00 bits per heavy atom. The normalized spacial score (nSPS) is 11.5. The lowest BCUT2D eigenvalue weighted by Crippen LogP contribution is -2.32. The van der Waals surface area contributed by atoms with Crippen molar-refractivity contribution in [1.82, 2.24) is 5.32 Å². The summed E-state index contributed by atoms with van der Waals surface area (Å²) in [6.45, 7) is 1.02. The summed E-state index contributed by atoms with van der Waals surface area (Å²) in [7, 11) is 0. The number of carbonyl (C=O) groups is 2. The Morgan fingerprint density at radius 2 is 1.39 bits per heavy atom. The van der Waals surface area contributed by atoms with Crippen LogP contribution in [-0.2, 0) is 27.5 Å². The van der Waals surface area contributed by atoms with E-state index in [1.807, 2.05) is 60.7 Å². The first-order valence-electron chi connectivity index (χ1n) is 9.56. The van der Waals surface area contributed by atoms with Crippen LogP contribution in [-0.4, -0.2) is 24.6 Å². The smallest absolute Gasteiger partial charge is 0.407 e. The summed E-state index contributed by atoms with van der Waals surface area (Å²) in [6.07, 6.45) is 2.59. The molecule has 0 aliphatic rings. The van der Waals surface area contributed by atoms with Crippen molar-refractivity contribution in [2.75, 3.05) is 6.54 Å². The van der Waals surface area contributed by atoms with E-state index in [1.54, 1.807) is 0 Å². The van der Waals surface area contributed by atoms with Crippen molar-refractivity contribution in [1.29, 1.82) is 0 Å². The standard InChI is InChI=1S/C22H28N2O4/c23-20(21(25)27-16-18-10-4-1-5-11-18)14-8-3-9-15-24-22(26)28-17-19-12-6-2-7-13-19/h1-2,4-7,10-13,20H,3,8-9,14-17,23H2,(H,24,26)/t20-/m0/s1. The third kappa shape index (κ3) is 8.68. The van der Waals surface area contributed by atoms with Crippen LogP contribution in [0, 0.1) is 0 Å². The second-order valence-corrected chi connectivity index (χ2v) is 6.54. The molecule has 0 radical (unpaired) electrons. The largest absolute Gasteiger partial charge is 0.460 e. The highest BCUT2D eigenvalue weighted by Gasteiger charge is 2.14. The number of hydrogen-bond donors (Lipinski definition) is 2. The second kappa shape index (κ2) is 12.5. The van der Waals surface area contributed by atoms with E-state index in [4.69, 9.17) is 15.2 Å². The van der Waals surface area contributed by atoms with Crippen LogP contribution in [0.4, 0.5) is 4.79 Å². The predicted molar refractivity (Wildman–Crippen MR) is 107 cm³/mol. The fourth-order valence-corrected chi connectivity index (χ4v) is 2.58. The third-order valence-corrected chi connectivity index (χ3v) is 4.20. The lowest BCUT2D eigenvalue weighted by atomic mass is 10.1. The van der Waals surface area contributed by atoms with Crippen LogP contribution in [0.5, 0.6) is 0 Å². The van der Waals surface area contributed by atoms with E-state index in [-0.39, 0.29) is 19.2 Å². The Hall–Kier alpha value is -2.86. The summed E-state index contributed by atoms with van der Waals surface area (Å²) in [5, 5.41) is 2.72. The maximum atomic E-state index is 11.9. The number of benzene rings is 2. The van der Waals surface area contributed by atoms with Crippen LogP contribution in [0.1, 0.15) is 36.8 Å². The number of hydrogen-bond acceptors (Lipinski definition) is 5. The van der Waals surface area contributed by atoms with Crippen molar-refractivity contribution >= 4 is 12.1 Å². The van der Waals surface area contributed by atoms with Gasteiger partial charge in [-0.1, -0.05) is 73.5 Å². The highest BCUT2D eigenvalue weighted by Crippen LogP contribution is 2.06. The van der Waals surface area contributed by atoms with Crippen molar-refractivity contribution in [3.8, 4) is 0 Å². The van der Waals surface area contributed by atoms with Crippen molar-refractivity contribution in [2.45, 2.75) is 44.9 Å². The van der Waals surface area contributed by atoms with Crippen LogP contribution in [0.2, 0.25) is 0 Å². The van der Waals surface area contributed by atoms with Gasteiger partial charge in [-0.3, -0.25) is 4.79 Å². The molecule has 0 aliphatic heterocycles. The molecule has 2 rings (SSSR count). The molecule has 150 valence electrons. The molecule has 6 heteroatoms. The van der Waals surface area contributed by atoms with Gasteiger partial charge in [-0.05, 0) is 24.0 Å². The first kappa shape index (κ1) is 21.4. The molecule has 0 bridgehead atoms. The van der Waals surface area contributed by atoms with Gasteiger partial charge in [-0.25, -0.2) is 4.79 Å². The van der Waals surface area contributed by atoms with Gasteiger partial charge in [-0.2, -0.15) is 0 Å². The van der Waals surface area contributed by atoms with Crippen molar-refractivity contribution < 1.29 is 19.1 Å². The lowest BCUT2D eigenvalue weighted by Gasteiger charge is -2.11. The fourth-order valence-electron chi connectivity index (χ4n) is 2.58. The Kier molecular flexibility index (Phi) is 9.58. The topological polar surface area (TPSA) is 90.6 Å². The zero-order chi connectivity index (χ0) is 20.0. The number of carbonyl (C=O) groups excluding carboxylic acids is 2. The zero-order valence-corrected chi connectivity index (χ0v) is 16.0. The molecule has 0 unspecified atom stereocenters. The van der Waals surface area contributed by atoms with Gasteiger partial charge in [0.1, 0.15) is 19.3 Å². The Balaban J connectivity index is 1.47. The fraction of sp³-hybridized carbons (Fsp3) is 0.364.